The van der Waals surface area contributed by atoms with Crippen LogP contribution < -0.4 is 0 Å². The number of aliphatic hydroxyl groups excluding tert-OH is 2. The quantitative estimate of drug-likeness (QED) is 0.180. The molecule has 6 rings (SSSR count). The first-order valence-corrected chi connectivity index (χ1v) is 12.3. The van der Waals surface area contributed by atoms with E-state index in [1.54, 1.807) is 0 Å². The molecular formula is C31H34IrNO2-. The van der Waals surface area contributed by atoms with Gasteiger partial charge in [-0.1, -0.05) is 76.2 Å². The molecule has 2 atom stereocenters. The maximum atomic E-state index is 10.2. The average molecular weight is 645 g/mol. The predicted octanol–water partition coefficient (Wildman–Crippen LogP) is 6.65. The summed E-state index contributed by atoms with van der Waals surface area (Å²) >= 11 is 0. The first-order chi connectivity index (χ1) is 16.2. The summed E-state index contributed by atoms with van der Waals surface area (Å²) in [5.41, 5.74) is 3.04. The molecule has 3 aromatic carbocycles. The maximum absolute atomic E-state index is 10.2. The zero-order valence-electron chi connectivity index (χ0n) is 20.8. The summed E-state index contributed by atoms with van der Waals surface area (Å²) in [6, 6.07) is 28.0. The van der Waals surface area contributed by atoms with Crippen LogP contribution in [0.5, 0.6) is 0 Å². The van der Waals surface area contributed by atoms with Gasteiger partial charge in [0.05, 0.1) is 17.7 Å². The van der Waals surface area contributed by atoms with Crippen molar-refractivity contribution >= 4 is 21.7 Å². The Bertz CT molecular complexity index is 1290. The minimum Gasteiger partial charge on any atom is -0.392 e. The third kappa shape index (κ3) is 4.82. The number of aliphatic hydroxyl groups is 2. The van der Waals surface area contributed by atoms with Gasteiger partial charge in [0, 0.05) is 31.4 Å². The van der Waals surface area contributed by atoms with Crippen molar-refractivity contribution < 1.29 is 30.3 Å². The molecule has 0 amide bonds. The van der Waals surface area contributed by atoms with Gasteiger partial charge in [-0.05, 0) is 46.1 Å². The van der Waals surface area contributed by atoms with Crippen LogP contribution in [0.4, 0.5) is 0 Å². The van der Waals surface area contributed by atoms with Gasteiger partial charge in [-0.2, -0.15) is 0 Å². The molecule has 1 aromatic heterocycles. The SMILES string of the molecule is CC1(C)CC2CC(C)(C)C(O)C2C1O.[Ir].[c-]1ccccc1-c1ccc2ccc3ccccc3c2n1. The standard InChI is InChI=1S/C19H12N.C12H22O2.Ir/c1-2-7-15(8-3-1)18-13-12-16-11-10-14-6-4-5-9-17(14)19(16)20-18;1-11(2)5-7-6-12(3,4)10(14)8(7)9(11)13;/h1-7,9-13H;7-10,13-14H,5-6H2,1-4H3;/q-1;;. The second kappa shape index (κ2) is 9.75. The van der Waals surface area contributed by atoms with Gasteiger partial charge in [-0.25, -0.2) is 0 Å². The number of hydrogen-bond acceptors (Lipinski definition) is 3. The van der Waals surface area contributed by atoms with Gasteiger partial charge in [0.25, 0.3) is 0 Å². The largest absolute Gasteiger partial charge is 0.392 e. The summed E-state index contributed by atoms with van der Waals surface area (Å²) < 4.78 is 0. The van der Waals surface area contributed by atoms with Crippen molar-refractivity contribution in [3.63, 3.8) is 0 Å². The predicted molar refractivity (Wildman–Crippen MR) is 139 cm³/mol. The number of benzene rings is 3. The van der Waals surface area contributed by atoms with Crippen LogP contribution in [0.25, 0.3) is 32.9 Å². The van der Waals surface area contributed by atoms with E-state index in [-0.39, 0.29) is 49.1 Å². The van der Waals surface area contributed by atoms with E-state index in [2.05, 4.69) is 82.3 Å². The Morgan fingerprint density at radius 1 is 0.771 bits per heavy atom. The average Bonchev–Trinajstić information content (AvgIpc) is 3.19. The van der Waals surface area contributed by atoms with Crippen LogP contribution in [0, 0.1) is 28.7 Å². The van der Waals surface area contributed by atoms with Crippen LogP contribution in [0.15, 0.2) is 72.8 Å². The monoisotopic (exact) mass is 645 g/mol. The van der Waals surface area contributed by atoms with E-state index >= 15 is 0 Å². The fourth-order valence-electron chi connectivity index (χ4n) is 6.23. The molecule has 1 radical (unpaired) electrons. The van der Waals surface area contributed by atoms with Crippen molar-refractivity contribution in [2.75, 3.05) is 0 Å². The number of hydrogen-bond donors (Lipinski definition) is 2. The summed E-state index contributed by atoms with van der Waals surface area (Å²) in [4.78, 5) is 4.84. The summed E-state index contributed by atoms with van der Waals surface area (Å²) in [6.45, 7) is 8.43. The second-order valence-corrected chi connectivity index (χ2v) is 11.4. The second-order valence-electron chi connectivity index (χ2n) is 11.4. The maximum Gasteiger partial charge on any atom is 0.0673 e. The number of pyridine rings is 1. The summed E-state index contributed by atoms with van der Waals surface area (Å²) in [6.07, 6.45) is 1.45. The molecule has 2 aliphatic rings. The molecule has 0 spiro atoms. The van der Waals surface area contributed by atoms with E-state index in [9.17, 15) is 10.2 Å². The van der Waals surface area contributed by atoms with E-state index in [4.69, 9.17) is 4.98 Å². The van der Waals surface area contributed by atoms with Gasteiger partial charge in [-0.15, -0.1) is 35.9 Å². The van der Waals surface area contributed by atoms with Crippen LogP contribution in [-0.2, 0) is 20.1 Å². The molecule has 185 valence electrons. The number of nitrogens with zero attached hydrogens (tertiary/aromatic N) is 1. The van der Waals surface area contributed by atoms with Crippen molar-refractivity contribution in [2.45, 2.75) is 52.7 Å². The van der Waals surface area contributed by atoms with Gasteiger partial charge in [-0.3, -0.25) is 4.98 Å². The molecule has 2 saturated carbocycles. The fraction of sp³-hybridized carbons (Fsp3) is 0.387. The Labute approximate surface area is 222 Å². The van der Waals surface area contributed by atoms with Gasteiger partial charge < -0.3 is 10.2 Å². The number of aromatic nitrogens is 1. The Hall–Kier alpha value is -2.10. The van der Waals surface area contributed by atoms with Crippen LogP contribution >= 0.6 is 0 Å². The molecule has 0 aliphatic heterocycles. The summed E-state index contributed by atoms with van der Waals surface area (Å²) in [5.74, 6) is 0.630. The van der Waals surface area contributed by atoms with Crippen molar-refractivity contribution in [3.8, 4) is 11.3 Å². The minimum absolute atomic E-state index is 0. The molecule has 1 heterocycles. The molecule has 2 aliphatic carbocycles. The third-order valence-corrected chi connectivity index (χ3v) is 8.02. The molecule has 3 nitrogen and oxygen atoms in total. The molecule has 2 fully saturated rings. The Balaban J connectivity index is 0.000000171. The molecule has 4 heteroatoms. The zero-order valence-corrected chi connectivity index (χ0v) is 23.2. The van der Waals surface area contributed by atoms with Gasteiger partial charge in [0.1, 0.15) is 0 Å². The van der Waals surface area contributed by atoms with Crippen molar-refractivity contribution in [3.05, 3.63) is 78.9 Å². The van der Waals surface area contributed by atoms with E-state index in [1.807, 2.05) is 24.3 Å². The number of rotatable bonds is 1. The number of fused-ring (bicyclic) bond motifs is 4. The van der Waals surface area contributed by atoms with E-state index < -0.39 is 0 Å². The molecule has 2 N–H and O–H groups in total. The minimum atomic E-state index is -0.329. The van der Waals surface area contributed by atoms with E-state index in [1.165, 1.54) is 16.2 Å². The van der Waals surface area contributed by atoms with Crippen molar-refractivity contribution in [2.24, 2.45) is 22.7 Å². The van der Waals surface area contributed by atoms with Gasteiger partial charge in [0.15, 0.2) is 0 Å². The van der Waals surface area contributed by atoms with Crippen LogP contribution in [0.1, 0.15) is 40.5 Å². The van der Waals surface area contributed by atoms with Crippen molar-refractivity contribution in [1.29, 1.82) is 0 Å². The molecule has 2 unspecified atom stereocenters. The molecule has 0 bridgehead atoms. The topological polar surface area (TPSA) is 53.4 Å². The van der Waals surface area contributed by atoms with Crippen molar-refractivity contribution in [1.82, 2.24) is 4.98 Å². The normalized spacial score (nSPS) is 26.0. The Kier molecular flexibility index (Phi) is 7.23. The first kappa shape index (κ1) is 26.0. The fourth-order valence-corrected chi connectivity index (χ4v) is 6.23. The van der Waals surface area contributed by atoms with Crippen LogP contribution in [-0.4, -0.2) is 27.4 Å². The summed E-state index contributed by atoms with van der Waals surface area (Å²) in [7, 11) is 0. The third-order valence-electron chi connectivity index (χ3n) is 8.02. The summed E-state index contributed by atoms with van der Waals surface area (Å²) in [5, 5.41) is 23.9. The van der Waals surface area contributed by atoms with Gasteiger partial charge in [0.2, 0.25) is 0 Å². The molecule has 4 aromatic rings. The Morgan fingerprint density at radius 2 is 1.37 bits per heavy atom. The van der Waals surface area contributed by atoms with Gasteiger partial charge >= 0.3 is 0 Å². The van der Waals surface area contributed by atoms with Crippen LogP contribution in [0.3, 0.4) is 0 Å². The Morgan fingerprint density at radius 3 is 2.00 bits per heavy atom. The smallest absolute Gasteiger partial charge is 0.0673 e. The molecule has 35 heavy (non-hydrogen) atoms. The van der Waals surface area contributed by atoms with Crippen LogP contribution in [0.2, 0.25) is 0 Å². The van der Waals surface area contributed by atoms with E-state index in [0.29, 0.717) is 5.92 Å². The molecule has 0 saturated heterocycles. The first-order valence-electron chi connectivity index (χ1n) is 12.3. The molecular weight excluding hydrogens is 611 g/mol. The zero-order chi connectivity index (χ0) is 24.1. The van der Waals surface area contributed by atoms with E-state index in [0.717, 1.165) is 29.6 Å².